The summed E-state index contributed by atoms with van der Waals surface area (Å²) in [6, 6.07) is 4.19. The van der Waals surface area contributed by atoms with Crippen LogP contribution < -0.4 is 5.73 Å². The van der Waals surface area contributed by atoms with Crippen molar-refractivity contribution in [2.45, 2.75) is 19.9 Å². The highest BCUT2D eigenvalue weighted by Crippen LogP contribution is 2.29. The largest absolute Gasteiger partial charge is 0.322 e. The van der Waals surface area contributed by atoms with Gasteiger partial charge in [-0.25, -0.2) is 4.98 Å². The van der Waals surface area contributed by atoms with Crippen molar-refractivity contribution in [3.05, 3.63) is 27.9 Å². The fourth-order valence-corrected chi connectivity index (χ4v) is 3.02. The zero-order valence-electron chi connectivity index (χ0n) is 8.81. The van der Waals surface area contributed by atoms with Gasteiger partial charge in [0.25, 0.3) is 0 Å². The van der Waals surface area contributed by atoms with Crippen LogP contribution in [0.25, 0.3) is 10.6 Å². The van der Waals surface area contributed by atoms with Crippen LogP contribution in [0.1, 0.15) is 24.9 Å². The van der Waals surface area contributed by atoms with Crippen LogP contribution in [0.15, 0.2) is 22.9 Å². The highest BCUT2D eigenvalue weighted by Gasteiger charge is 2.15. The number of aromatic nitrogens is 1. The molecule has 2 heterocycles. The summed E-state index contributed by atoms with van der Waals surface area (Å²) in [6.45, 7) is 4.24. The molecule has 0 bridgehead atoms. The Labute approximate surface area is 97.8 Å². The minimum atomic E-state index is 0.0590. The van der Waals surface area contributed by atoms with Crippen molar-refractivity contribution in [2.24, 2.45) is 11.7 Å². The van der Waals surface area contributed by atoms with Gasteiger partial charge >= 0.3 is 0 Å². The summed E-state index contributed by atoms with van der Waals surface area (Å²) >= 11 is 3.37. The van der Waals surface area contributed by atoms with E-state index in [2.05, 4.69) is 35.7 Å². The van der Waals surface area contributed by atoms with Crippen LogP contribution in [0.4, 0.5) is 0 Å². The number of nitrogens with zero attached hydrogens (tertiary/aromatic N) is 1. The Morgan fingerprint density at radius 3 is 2.73 bits per heavy atom. The van der Waals surface area contributed by atoms with Gasteiger partial charge in [0.05, 0.1) is 16.6 Å². The third kappa shape index (κ3) is 2.27. The normalized spacial score (nSPS) is 13.3. The van der Waals surface area contributed by atoms with Crippen LogP contribution in [0, 0.1) is 5.92 Å². The third-order valence-electron chi connectivity index (χ3n) is 2.30. The smallest absolute Gasteiger partial charge is 0.110 e. The Morgan fingerprint density at radius 1 is 1.33 bits per heavy atom. The molecule has 0 aliphatic rings. The molecule has 0 saturated carbocycles. The number of thiazole rings is 1. The first-order valence-corrected chi connectivity index (χ1v) is 6.69. The van der Waals surface area contributed by atoms with Gasteiger partial charge in [-0.3, -0.25) is 0 Å². The summed E-state index contributed by atoms with van der Waals surface area (Å²) in [4.78, 5) is 5.79. The Morgan fingerprint density at radius 2 is 2.13 bits per heavy atom. The number of hydrogen-bond acceptors (Lipinski definition) is 4. The molecule has 0 fully saturated rings. The molecular formula is C11H14N2S2. The van der Waals surface area contributed by atoms with E-state index in [1.807, 2.05) is 6.07 Å². The van der Waals surface area contributed by atoms with E-state index in [1.54, 1.807) is 22.7 Å². The van der Waals surface area contributed by atoms with Gasteiger partial charge < -0.3 is 5.73 Å². The monoisotopic (exact) mass is 238 g/mol. The standard InChI is InChI=1S/C11H14N2S2/c1-7(2)10(12)11-13-8(6-15-11)9-4-3-5-14-9/h3-7,10H,12H2,1-2H3. The van der Waals surface area contributed by atoms with E-state index in [9.17, 15) is 0 Å². The maximum absolute atomic E-state index is 6.06. The van der Waals surface area contributed by atoms with Crippen LogP contribution in [-0.2, 0) is 0 Å². The molecule has 0 amide bonds. The van der Waals surface area contributed by atoms with Crippen molar-refractivity contribution in [3.8, 4) is 10.6 Å². The van der Waals surface area contributed by atoms with E-state index >= 15 is 0 Å². The molecule has 1 atom stereocenters. The second-order valence-electron chi connectivity index (χ2n) is 3.82. The molecule has 2 nitrogen and oxygen atoms in total. The van der Waals surface area contributed by atoms with Gasteiger partial charge in [0.1, 0.15) is 5.01 Å². The molecule has 0 aliphatic carbocycles. The van der Waals surface area contributed by atoms with E-state index in [1.165, 1.54) is 4.88 Å². The third-order valence-corrected chi connectivity index (χ3v) is 4.14. The minimum Gasteiger partial charge on any atom is -0.322 e. The Balaban J connectivity index is 2.25. The summed E-state index contributed by atoms with van der Waals surface area (Å²) in [7, 11) is 0. The molecule has 2 rings (SSSR count). The fourth-order valence-electron chi connectivity index (χ4n) is 1.26. The van der Waals surface area contributed by atoms with Crippen molar-refractivity contribution in [1.29, 1.82) is 0 Å². The first-order valence-electron chi connectivity index (χ1n) is 4.93. The lowest BCUT2D eigenvalue weighted by atomic mass is 10.1. The van der Waals surface area contributed by atoms with E-state index < -0.39 is 0 Å². The number of thiophene rings is 1. The van der Waals surface area contributed by atoms with Crippen LogP contribution >= 0.6 is 22.7 Å². The van der Waals surface area contributed by atoms with E-state index in [4.69, 9.17) is 5.73 Å². The summed E-state index contributed by atoms with van der Waals surface area (Å²) in [5.41, 5.74) is 7.11. The maximum atomic E-state index is 6.06. The molecular weight excluding hydrogens is 224 g/mol. The molecule has 4 heteroatoms. The summed E-state index contributed by atoms with van der Waals surface area (Å²) in [5.74, 6) is 0.437. The van der Waals surface area contributed by atoms with Crippen molar-refractivity contribution in [3.63, 3.8) is 0 Å². The molecule has 0 saturated heterocycles. The second kappa shape index (κ2) is 4.43. The second-order valence-corrected chi connectivity index (χ2v) is 5.66. The zero-order chi connectivity index (χ0) is 10.8. The van der Waals surface area contributed by atoms with Gasteiger partial charge in [-0.15, -0.1) is 22.7 Å². The molecule has 0 aliphatic heterocycles. The summed E-state index contributed by atoms with van der Waals surface area (Å²) in [5, 5.41) is 5.19. The molecule has 0 aromatic carbocycles. The Bertz CT molecular complexity index is 417. The predicted molar refractivity (Wildman–Crippen MR) is 67.2 cm³/mol. The number of hydrogen-bond donors (Lipinski definition) is 1. The van der Waals surface area contributed by atoms with Gasteiger partial charge in [-0.2, -0.15) is 0 Å². The zero-order valence-corrected chi connectivity index (χ0v) is 10.4. The van der Waals surface area contributed by atoms with Gasteiger partial charge in [0.2, 0.25) is 0 Å². The van der Waals surface area contributed by atoms with Gasteiger partial charge in [-0.05, 0) is 17.4 Å². The molecule has 0 radical (unpaired) electrons. The molecule has 80 valence electrons. The lowest BCUT2D eigenvalue weighted by Crippen LogP contribution is -2.16. The SMILES string of the molecule is CC(C)C(N)c1nc(-c2cccs2)cs1. The fraction of sp³-hybridized carbons (Fsp3) is 0.364. The Kier molecular flexibility index (Phi) is 3.19. The van der Waals surface area contributed by atoms with Crippen LogP contribution in [0.3, 0.4) is 0 Å². The Hall–Kier alpha value is -0.710. The first kappa shape index (κ1) is 10.8. The summed E-state index contributed by atoms with van der Waals surface area (Å²) < 4.78 is 0. The predicted octanol–water partition coefficient (Wildman–Crippen LogP) is 3.53. The van der Waals surface area contributed by atoms with E-state index in [0.717, 1.165) is 10.7 Å². The van der Waals surface area contributed by atoms with Crippen molar-refractivity contribution in [1.82, 2.24) is 4.98 Å². The molecule has 2 N–H and O–H groups in total. The lowest BCUT2D eigenvalue weighted by Gasteiger charge is -2.11. The van der Waals surface area contributed by atoms with Gasteiger partial charge in [-0.1, -0.05) is 19.9 Å². The molecule has 2 aromatic heterocycles. The highest BCUT2D eigenvalue weighted by molar-refractivity contribution is 7.14. The topological polar surface area (TPSA) is 38.9 Å². The van der Waals surface area contributed by atoms with Crippen molar-refractivity contribution >= 4 is 22.7 Å². The van der Waals surface area contributed by atoms with E-state index in [-0.39, 0.29) is 6.04 Å². The van der Waals surface area contributed by atoms with Crippen molar-refractivity contribution < 1.29 is 0 Å². The lowest BCUT2D eigenvalue weighted by molar-refractivity contribution is 0.512. The quantitative estimate of drug-likeness (QED) is 0.888. The molecule has 15 heavy (non-hydrogen) atoms. The minimum absolute atomic E-state index is 0.0590. The average molecular weight is 238 g/mol. The molecule has 0 spiro atoms. The van der Waals surface area contributed by atoms with Crippen molar-refractivity contribution in [2.75, 3.05) is 0 Å². The average Bonchev–Trinajstić information content (AvgIpc) is 2.86. The molecule has 2 aromatic rings. The highest BCUT2D eigenvalue weighted by atomic mass is 32.1. The maximum Gasteiger partial charge on any atom is 0.110 e. The van der Waals surface area contributed by atoms with Crippen LogP contribution in [0.2, 0.25) is 0 Å². The number of nitrogens with two attached hydrogens (primary N) is 1. The summed E-state index contributed by atoms with van der Waals surface area (Å²) in [6.07, 6.45) is 0. The van der Waals surface area contributed by atoms with Gasteiger partial charge in [0.15, 0.2) is 0 Å². The van der Waals surface area contributed by atoms with Crippen LogP contribution in [-0.4, -0.2) is 4.98 Å². The van der Waals surface area contributed by atoms with Gasteiger partial charge in [0, 0.05) is 5.38 Å². The van der Waals surface area contributed by atoms with E-state index in [0.29, 0.717) is 5.92 Å². The first-order chi connectivity index (χ1) is 7.18. The number of rotatable bonds is 3. The van der Waals surface area contributed by atoms with Crippen LogP contribution in [0.5, 0.6) is 0 Å². The molecule has 1 unspecified atom stereocenters.